The molecular weight excluding hydrogens is 473 g/mol. The minimum absolute atomic E-state index is 0.0953. The summed E-state index contributed by atoms with van der Waals surface area (Å²) in [6, 6.07) is 9.52. The molecule has 0 aliphatic heterocycles. The maximum absolute atomic E-state index is 13.4. The lowest BCUT2D eigenvalue weighted by Crippen LogP contribution is -2.38. The van der Waals surface area contributed by atoms with Crippen molar-refractivity contribution >= 4 is 35.3 Å². The average Bonchev–Trinajstić information content (AvgIpc) is 2.66. The van der Waals surface area contributed by atoms with Crippen LogP contribution in [0.5, 0.6) is 0 Å². The Morgan fingerprint density at radius 2 is 1.77 bits per heavy atom. The highest BCUT2D eigenvalue weighted by Crippen LogP contribution is 2.53. The second-order valence-corrected chi connectivity index (χ2v) is 10.1. The molecule has 0 aliphatic rings. The van der Waals surface area contributed by atoms with E-state index in [0.29, 0.717) is 10.3 Å². The first-order chi connectivity index (χ1) is 14.1. The summed E-state index contributed by atoms with van der Waals surface area (Å²) in [6.07, 6.45) is 1.56. The summed E-state index contributed by atoms with van der Waals surface area (Å²) in [5.41, 5.74) is 0.732. The Morgan fingerprint density at radius 3 is 2.27 bits per heavy atom. The third kappa shape index (κ3) is 6.60. The first-order valence-electron chi connectivity index (χ1n) is 9.55. The van der Waals surface area contributed by atoms with Gasteiger partial charge in [0.15, 0.2) is 5.82 Å². The van der Waals surface area contributed by atoms with Crippen molar-refractivity contribution < 1.29 is 23.1 Å². The van der Waals surface area contributed by atoms with E-state index in [1.54, 1.807) is 40.8 Å². The van der Waals surface area contributed by atoms with Crippen molar-refractivity contribution in [2.45, 2.75) is 46.0 Å². The van der Waals surface area contributed by atoms with E-state index in [-0.39, 0.29) is 19.0 Å². The molecule has 0 radical (unpaired) electrons. The summed E-state index contributed by atoms with van der Waals surface area (Å²) in [5.74, 6) is -1.97. The Labute approximate surface area is 185 Å². The predicted molar refractivity (Wildman–Crippen MR) is 119 cm³/mol. The van der Waals surface area contributed by atoms with Crippen molar-refractivity contribution in [2.75, 3.05) is 18.5 Å². The van der Waals surface area contributed by atoms with E-state index in [9.17, 15) is 9.36 Å². The van der Waals surface area contributed by atoms with E-state index >= 15 is 0 Å². The molecule has 0 saturated heterocycles. The highest BCUT2D eigenvalue weighted by molar-refractivity contribution is 9.10. The Bertz CT molecular complexity index is 895. The minimum atomic E-state index is -3.90. The Hall–Kier alpha value is -1.80. The lowest BCUT2D eigenvalue weighted by atomic mass is 10.2. The molecule has 0 spiro atoms. The maximum atomic E-state index is 13.4. The van der Waals surface area contributed by atoms with Gasteiger partial charge < -0.3 is 19.1 Å². The lowest BCUT2D eigenvalue weighted by molar-refractivity contribution is -0.154. The van der Waals surface area contributed by atoms with E-state index in [0.717, 1.165) is 5.56 Å². The maximum Gasteiger partial charge on any atom is 0.364 e. The molecule has 1 atom stereocenters. The van der Waals surface area contributed by atoms with Gasteiger partial charge in [0.2, 0.25) is 5.78 Å². The zero-order valence-electron chi connectivity index (χ0n) is 17.7. The molecule has 8 nitrogen and oxygen atoms in total. The number of anilines is 1. The van der Waals surface area contributed by atoms with Gasteiger partial charge in [0, 0.05) is 5.56 Å². The smallest absolute Gasteiger partial charge is 0.364 e. The standard InChI is InChI=1S/C20H27BrN3O5P/c1-6-27-30(26,28-7-2)18(19(25)29-20(3,4)5)24-17-16(21)23-15(13-22-17)14-11-9-8-10-12-14/h8-13,18H,6-7H2,1-5H3,(H,22,24). The number of ether oxygens (including phenoxy) is 1. The average molecular weight is 500 g/mol. The summed E-state index contributed by atoms with van der Waals surface area (Å²) in [6.45, 7) is 8.69. The zero-order valence-corrected chi connectivity index (χ0v) is 20.2. The molecule has 2 aromatic rings. The molecule has 1 heterocycles. The van der Waals surface area contributed by atoms with Gasteiger partial charge in [-0.1, -0.05) is 30.3 Å². The van der Waals surface area contributed by atoms with Crippen LogP contribution in [0.3, 0.4) is 0 Å². The van der Waals surface area contributed by atoms with Gasteiger partial charge in [-0.2, -0.15) is 0 Å². The van der Waals surface area contributed by atoms with Crippen LogP contribution in [0, 0.1) is 0 Å². The number of hydrogen-bond donors (Lipinski definition) is 1. The predicted octanol–water partition coefficient (Wildman–Crippen LogP) is 5.25. The summed E-state index contributed by atoms with van der Waals surface area (Å²) in [4.78, 5) is 21.7. The second kappa shape index (κ2) is 10.5. The van der Waals surface area contributed by atoms with Crippen LogP contribution in [-0.4, -0.2) is 40.5 Å². The molecule has 0 fully saturated rings. The molecule has 1 unspecified atom stereocenters. The van der Waals surface area contributed by atoms with Crippen molar-refractivity contribution in [2.24, 2.45) is 0 Å². The minimum Gasteiger partial charge on any atom is -0.458 e. The molecule has 1 aromatic heterocycles. The molecular formula is C20H27BrN3O5P. The van der Waals surface area contributed by atoms with Crippen molar-refractivity contribution in [3.8, 4) is 11.3 Å². The molecule has 0 amide bonds. The van der Waals surface area contributed by atoms with Gasteiger partial charge in [0.25, 0.3) is 0 Å². The number of benzene rings is 1. The summed E-state index contributed by atoms with van der Waals surface area (Å²) >= 11 is 3.37. The number of nitrogens with one attached hydrogen (secondary N) is 1. The second-order valence-electron chi connectivity index (χ2n) is 7.22. The fourth-order valence-electron chi connectivity index (χ4n) is 2.51. The number of hydrogen-bond acceptors (Lipinski definition) is 8. The van der Waals surface area contributed by atoms with Crippen LogP contribution in [0.15, 0.2) is 41.1 Å². The lowest BCUT2D eigenvalue weighted by Gasteiger charge is -2.29. The van der Waals surface area contributed by atoms with Gasteiger partial charge in [-0.15, -0.1) is 0 Å². The molecule has 10 heteroatoms. The van der Waals surface area contributed by atoms with Gasteiger partial charge >= 0.3 is 13.6 Å². The number of nitrogens with zero attached hydrogens (tertiary/aromatic N) is 2. The SMILES string of the molecule is CCOP(=O)(OCC)C(Nc1ncc(-c2ccccc2)nc1Br)C(=O)OC(C)(C)C. The Balaban J connectivity index is 2.39. The molecule has 2 rings (SSSR count). The van der Waals surface area contributed by atoms with E-state index in [2.05, 4.69) is 31.2 Å². The first-order valence-corrected chi connectivity index (χ1v) is 12.0. The number of aromatic nitrogens is 2. The normalized spacial score (nSPS) is 13.0. The summed E-state index contributed by atoms with van der Waals surface area (Å²) in [5, 5.41) is 2.85. The van der Waals surface area contributed by atoms with Crippen LogP contribution in [0.1, 0.15) is 34.6 Å². The van der Waals surface area contributed by atoms with E-state index in [1.165, 1.54) is 0 Å². The van der Waals surface area contributed by atoms with Crippen LogP contribution in [0.4, 0.5) is 5.82 Å². The highest BCUT2D eigenvalue weighted by atomic mass is 79.9. The number of halogens is 1. The number of carbonyl (C=O) groups excluding carboxylic acids is 1. The quantitative estimate of drug-likeness (QED) is 0.368. The fourth-order valence-corrected chi connectivity index (χ4v) is 4.60. The van der Waals surface area contributed by atoms with Crippen LogP contribution in [0.25, 0.3) is 11.3 Å². The number of esters is 1. The van der Waals surface area contributed by atoms with Crippen LogP contribution in [0.2, 0.25) is 0 Å². The largest absolute Gasteiger partial charge is 0.458 e. The van der Waals surface area contributed by atoms with Gasteiger partial charge in [0.05, 0.1) is 25.1 Å². The van der Waals surface area contributed by atoms with Crippen molar-refractivity contribution in [1.29, 1.82) is 0 Å². The molecule has 0 saturated carbocycles. The van der Waals surface area contributed by atoms with Gasteiger partial charge in [-0.05, 0) is 50.5 Å². The van der Waals surface area contributed by atoms with E-state index in [4.69, 9.17) is 13.8 Å². The fraction of sp³-hybridized carbons (Fsp3) is 0.450. The van der Waals surface area contributed by atoms with Crippen molar-refractivity contribution in [3.63, 3.8) is 0 Å². The van der Waals surface area contributed by atoms with Crippen molar-refractivity contribution in [3.05, 3.63) is 41.1 Å². The summed E-state index contributed by atoms with van der Waals surface area (Å²) in [7, 11) is -3.90. The van der Waals surface area contributed by atoms with E-state index < -0.39 is 24.9 Å². The Kier molecular flexibility index (Phi) is 8.55. The number of carbonyl (C=O) groups is 1. The third-order valence-corrected chi connectivity index (χ3v) is 6.40. The van der Waals surface area contributed by atoms with Gasteiger partial charge in [-0.25, -0.2) is 14.8 Å². The Morgan fingerprint density at radius 1 is 1.17 bits per heavy atom. The van der Waals surface area contributed by atoms with Crippen LogP contribution in [-0.2, 0) is 23.1 Å². The van der Waals surface area contributed by atoms with Crippen LogP contribution >= 0.6 is 23.5 Å². The van der Waals surface area contributed by atoms with Crippen LogP contribution < -0.4 is 5.32 Å². The van der Waals surface area contributed by atoms with Gasteiger partial charge in [-0.3, -0.25) is 4.57 Å². The van der Waals surface area contributed by atoms with Gasteiger partial charge in [0.1, 0.15) is 10.2 Å². The molecule has 30 heavy (non-hydrogen) atoms. The van der Waals surface area contributed by atoms with E-state index in [1.807, 2.05) is 30.3 Å². The highest BCUT2D eigenvalue weighted by Gasteiger charge is 2.44. The first kappa shape index (κ1) is 24.5. The molecule has 164 valence electrons. The molecule has 0 aliphatic carbocycles. The molecule has 1 N–H and O–H groups in total. The third-order valence-electron chi connectivity index (χ3n) is 3.64. The zero-order chi connectivity index (χ0) is 22.4. The molecule has 1 aromatic carbocycles. The topological polar surface area (TPSA) is 99.6 Å². The van der Waals surface area contributed by atoms with Crippen molar-refractivity contribution in [1.82, 2.24) is 9.97 Å². The molecule has 0 bridgehead atoms. The summed E-state index contributed by atoms with van der Waals surface area (Å²) < 4.78 is 29.9. The monoisotopic (exact) mass is 499 g/mol. The number of rotatable bonds is 9.